The average molecular weight is 332 g/mol. The van der Waals surface area contributed by atoms with Gasteiger partial charge in [-0.2, -0.15) is 0 Å². The number of nitrogens with one attached hydrogen (secondary N) is 3. The maximum atomic E-state index is 11.8. The van der Waals surface area contributed by atoms with Crippen LogP contribution in [0.1, 0.15) is 18.5 Å². The van der Waals surface area contributed by atoms with Gasteiger partial charge in [0.2, 0.25) is 5.91 Å². The summed E-state index contributed by atoms with van der Waals surface area (Å²) in [6.45, 7) is 1.96. The molecule has 0 spiro atoms. The Balaban J connectivity index is 1.76. The fourth-order valence-electron chi connectivity index (χ4n) is 1.97. The van der Waals surface area contributed by atoms with Crippen LogP contribution in [0.2, 0.25) is 5.02 Å². The number of anilines is 1. The average Bonchev–Trinajstić information content (AvgIpc) is 2.54. The smallest absolute Gasteiger partial charge is 0.308 e. The lowest BCUT2D eigenvalue weighted by Gasteiger charge is -2.14. The number of benzene rings is 2. The normalized spacial score (nSPS) is 11.6. The van der Waals surface area contributed by atoms with Crippen LogP contribution in [-0.4, -0.2) is 18.5 Å². The highest BCUT2D eigenvalue weighted by Gasteiger charge is 2.10. The number of carbonyl (C=O) groups excluding carboxylic acids is 2. The Bertz CT molecular complexity index is 659. The molecule has 3 N–H and O–H groups in total. The molecule has 0 radical (unpaired) electrons. The first-order valence-electron chi connectivity index (χ1n) is 7.19. The summed E-state index contributed by atoms with van der Waals surface area (Å²) < 4.78 is 0. The molecule has 0 aromatic heterocycles. The minimum absolute atomic E-state index is 0.0322. The molecular formula is C17H18ClN3O2. The van der Waals surface area contributed by atoms with Gasteiger partial charge < -0.3 is 10.6 Å². The minimum atomic E-state index is -0.554. The van der Waals surface area contributed by atoms with Gasteiger partial charge in [-0.1, -0.05) is 41.9 Å². The number of urea groups is 1. The summed E-state index contributed by atoms with van der Waals surface area (Å²) in [7, 11) is 0. The first-order valence-corrected chi connectivity index (χ1v) is 7.57. The molecule has 23 heavy (non-hydrogen) atoms. The molecule has 2 aromatic carbocycles. The third-order valence-corrected chi connectivity index (χ3v) is 3.48. The van der Waals surface area contributed by atoms with Gasteiger partial charge >= 0.3 is 6.03 Å². The van der Waals surface area contributed by atoms with Crippen molar-refractivity contribution in [2.24, 2.45) is 0 Å². The van der Waals surface area contributed by atoms with Crippen molar-refractivity contribution >= 4 is 29.2 Å². The topological polar surface area (TPSA) is 70.2 Å². The van der Waals surface area contributed by atoms with Crippen LogP contribution in [0.5, 0.6) is 0 Å². The highest BCUT2D eigenvalue weighted by molar-refractivity contribution is 6.30. The van der Waals surface area contributed by atoms with Crippen molar-refractivity contribution in [3.05, 3.63) is 65.2 Å². The van der Waals surface area contributed by atoms with Crippen LogP contribution in [-0.2, 0) is 4.79 Å². The van der Waals surface area contributed by atoms with Gasteiger partial charge in [-0.3, -0.25) is 10.1 Å². The van der Waals surface area contributed by atoms with Gasteiger partial charge in [0.1, 0.15) is 0 Å². The van der Waals surface area contributed by atoms with E-state index in [1.807, 2.05) is 25.1 Å². The first kappa shape index (κ1) is 17.0. The van der Waals surface area contributed by atoms with Crippen LogP contribution in [0.15, 0.2) is 54.6 Å². The van der Waals surface area contributed by atoms with E-state index in [9.17, 15) is 9.59 Å². The van der Waals surface area contributed by atoms with E-state index in [0.29, 0.717) is 10.7 Å². The maximum Gasteiger partial charge on any atom is 0.325 e. The van der Waals surface area contributed by atoms with E-state index in [-0.39, 0.29) is 12.6 Å². The van der Waals surface area contributed by atoms with Gasteiger partial charge in [0.15, 0.2) is 0 Å². The SMILES string of the molecule is C[C@H](NCC(=O)NC(=O)Nc1ccccc1)c1ccc(Cl)cc1. The predicted octanol–water partition coefficient (Wildman–Crippen LogP) is 3.34. The van der Waals surface area contributed by atoms with E-state index < -0.39 is 11.9 Å². The molecule has 2 rings (SSSR count). The zero-order valence-electron chi connectivity index (χ0n) is 12.7. The number of carbonyl (C=O) groups is 2. The van der Waals surface area contributed by atoms with Crippen LogP contribution in [0, 0.1) is 0 Å². The molecule has 0 aliphatic carbocycles. The molecule has 0 aliphatic heterocycles. The lowest BCUT2D eigenvalue weighted by molar-refractivity contribution is -0.119. The summed E-state index contributed by atoms with van der Waals surface area (Å²) in [5.74, 6) is -0.403. The second-order valence-electron chi connectivity index (χ2n) is 5.02. The van der Waals surface area contributed by atoms with E-state index in [1.165, 1.54) is 0 Å². The highest BCUT2D eigenvalue weighted by atomic mass is 35.5. The first-order chi connectivity index (χ1) is 11.0. The van der Waals surface area contributed by atoms with Crippen molar-refractivity contribution in [3.63, 3.8) is 0 Å². The number of amides is 3. The van der Waals surface area contributed by atoms with Gasteiger partial charge in [-0.25, -0.2) is 4.79 Å². The summed E-state index contributed by atoms with van der Waals surface area (Å²) in [4.78, 5) is 23.5. The Kier molecular flexibility index (Phi) is 6.14. The third-order valence-electron chi connectivity index (χ3n) is 3.22. The quantitative estimate of drug-likeness (QED) is 0.787. The van der Waals surface area contributed by atoms with E-state index >= 15 is 0 Å². The van der Waals surface area contributed by atoms with Crippen LogP contribution < -0.4 is 16.0 Å². The zero-order chi connectivity index (χ0) is 16.7. The zero-order valence-corrected chi connectivity index (χ0v) is 13.4. The van der Waals surface area contributed by atoms with Crippen LogP contribution in [0.25, 0.3) is 0 Å². The van der Waals surface area contributed by atoms with Crippen molar-refractivity contribution in [2.45, 2.75) is 13.0 Å². The Hall–Kier alpha value is -2.37. The fourth-order valence-corrected chi connectivity index (χ4v) is 2.10. The van der Waals surface area contributed by atoms with Crippen molar-refractivity contribution in [2.75, 3.05) is 11.9 Å². The number of imide groups is 1. The van der Waals surface area contributed by atoms with Gasteiger partial charge in [-0.05, 0) is 36.8 Å². The molecule has 0 bridgehead atoms. The number of halogens is 1. The fraction of sp³-hybridized carbons (Fsp3) is 0.176. The molecule has 0 heterocycles. The molecule has 0 saturated carbocycles. The van der Waals surface area contributed by atoms with E-state index in [4.69, 9.17) is 11.6 Å². The molecule has 0 fully saturated rings. The van der Waals surface area contributed by atoms with Crippen LogP contribution in [0.3, 0.4) is 0 Å². The number of hydrogen-bond acceptors (Lipinski definition) is 3. The lowest BCUT2D eigenvalue weighted by atomic mass is 10.1. The molecule has 3 amide bonds. The molecular weight excluding hydrogens is 314 g/mol. The molecule has 0 aliphatic rings. The summed E-state index contributed by atoms with van der Waals surface area (Å²) >= 11 is 5.84. The van der Waals surface area contributed by atoms with Crippen molar-refractivity contribution in [1.82, 2.24) is 10.6 Å². The number of rotatable bonds is 5. The monoisotopic (exact) mass is 331 g/mol. The summed E-state index contributed by atoms with van der Waals surface area (Å²) in [5.41, 5.74) is 1.64. The van der Waals surface area contributed by atoms with Gasteiger partial charge in [0, 0.05) is 16.8 Å². The van der Waals surface area contributed by atoms with E-state index in [1.54, 1.807) is 36.4 Å². The summed E-state index contributed by atoms with van der Waals surface area (Å²) in [6, 6.07) is 15.7. The maximum absolute atomic E-state index is 11.8. The second kappa shape index (κ2) is 8.31. The molecule has 6 heteroatoms. The van der Waals surface area contributed by atoms with Gasteiger partial charge in [-0.15, -0.1) is 0 Å². The Labute approximate surface area is 140 Å². The van der Waals surface area contributed by atoms with Gasteiger partial charge in [0.05, 0.1) is 6.54 Å². The van der Waals surface area contributed by atoms with Crippen molar-refractivity contribution < 1.29 is 9.59 Å². The molecule has 120 valence electrons. The third kappa shape index (κ3) is 5.73. The predicted molar refractivity (Wildman–Crippen MR) is 91.5 cm³/mol. The highest BCUT2D eigenvalue weighted by Crippen LogP contribution is 2.15. The Morgan fingerprint density at radius 1 is 1.04 bits per heavy atom. The largest absolute Gasteiger partial charge is 0.325 e. The van der Waals surface area contributed by atoms with Crippen molar-refractivity contribution in [1.29, 1.82) is 0 Å². The lowest BCUT2D eigenvalue weighted by Crippen LogP contribution is -2.40. The number of hydrogen-bond donors (Lipinski definition) is 3. The molecule has 5 nitrogen and oxygen atoms in total. The van der Waals surface area contributed by atoms with Crippen molar-refractivity contribution in [3.8, 4) is 0 Å². The standard InChI is InChI=1S/C17H18ClN3O2/c1-12(13-7-9-14(18)10-8-13)19-11-16(22)21-17(23)20-15-5-3-2-4-6-15/h2-10,12,19H,11H2,1H3,(H2,20,21,22,23)/t12-/m0/s1. The summed E-state index contributed by atoms with van der Waals surface area (Å²) in [5, 5.41) is 8.57. The van der Waals surface area contributed by atoms with Crippen LogP contribution in [0.4, 0.5) is 10.5 Å². The van der Waals surface area contributed by atoms with E-state index in [2.05, 4.69) is 16.0 Å². The summed E-state index contributed by atoms with van der Waals surface area (Å²) in [6.07, 6.45) is 0. The molecule has 0 saturated heterocycles. The van der Waals surface area contributed by atoms with Crippen LogP contribution >= 0.6 is 11.6 Å². The number of para-hydroxylation sites is 1. The van der Waals surface area contributed by atoms with E-state index in [0.717, 1.165) is 5.56 Å². The van der Waals surface area contributed by atoms with Gasteiger partial charge in [0.25, 0.3) is 0 Å². The Morgan fingerprint density at radius 3 is 2.35 bits per heavy atom. The minimum Gasteiger partial charge on any atom is -0.308 e. The molecule has 2 aromatic rings. The molecule has 1 atom stereocenters. The Morgan fingerprint density at radius 2 is 1.70 bits per heavy atom. The second-order valence-corrected chi connectivity index (χ2v) is 5.46. The molecule has 0 unspecified atom stereocenters.